The predicted molar refractivity (Wildman–Crippen MR) is 141 cm³/mol. The number of carbonyl (C=O) groups is 2. The molecule has 0 unspecified atom stereocenters. The number of hydrogen-bond acceptors (Lipinski definition) is 3. The Hall–Kier alpha value is -3.28. The van der Waals surface area contributed by atoms with Gasteiger partial charge >= 0.3 is 18.4 Å². The van der Waals surface area contributed by atoms with E-state index in [-0.39, 0.29) is 25.2 Å². The first-order valence-corrected chi connectivity index (χ1v) is 13.7. The lowest BCUT2D eigenvalue weighted by molar-refractivity contribution is -0.143. The van der Waals surface area contributed by atoms with Crippen LogP contribution >= 0.6 is 0 Å². The monoisotopic (exact) mass is 582 g/mol. The Balaban J connectivity index is 1.38. The van der Waals surface area contributed by atoms with E-state index in [0.29, 0.717) is 38.1 Å². The number of piperidine rings is 1. The topological polar surface area (TPSA) is 47.1 Å². The first-order valence-electron chi connectivity index (χ1n) is 13.7. The van der Waals surface area contributed by atoms with Gasteiger partial charge in [-0.25, -0.2) is 4.79 Å². The van der Waals surface area contributed by atoms with E-state index >= 15 is 0 Å². The summed E-state index contributed by atoms with van der Waals surface area (Å²) in [5.41, 5.74) is -2.70. The van der Waals surface area contributed by atoms with Crippen molar-refractivity contribution >= 4 is 17.6 Å². The molecule has 3 fully saturated rings. The summed E-state index contributed by atoms with van der Waals surface area (Å²) in [5.74, 6) is -0.894. The fourth-order valence-corrected chi connectivity index (χ4v) is 6.22. The van der Waals surface area contributed by atoms with Crippen molar-refractivity contribution in [1.82, 2.24) is 14.7 Å². The number of hydrogen-bond donors (Lipinski definition) is 0. The summed E-state index contributed by atoms with van der Waals surface area (Å²) in [7, 11) is 0. The SMILES string of the molecule is Cc1ccccc1N1C(=O)N(CCN2CCCC2)CC12CCN(C(=O)c1cc(C(F)(F)F)cc(C(F)(F)F)c1)CC2. The highest BCUT2D eigenvalue weighted by atomic mass is 19.4. The molecule has 0 bridgehead atoms. The third-order valence-corrected chi connectivity index (χ3v) is 8.48. The van der Waals surface area contributed by atoms with Crippen LogP contribution < -0.4 is 4.90 Å². The van der Waals surface area contributed by atoms with E-state index in [2.05, 4.69) is 4.90 Å². The van der Waals surface area contributed by atoms with Crippen molar-refractivity contribution in [3.8, 4) is 0 Å². The number of benzene rings is 2. The molecule has 2 aromatic carbocycles. The summed E-state index contributed by atoms with van der Waals surface area (Å²) in [6.07, 6.45) is -7.15. The highest BCUT2D eigenvalue weighted by molar-refractivity contribution is 5.98. The molecule has 6 nitrogen and oxygen atoms in total. The van der Waals surface area contributed by atoms with Gasteiger partial charge in [0.25, 0.3) is 5.91 Å². The number of para-hydroxylation sites is 1. The number of amides is 3. The molecule has 3 aliphatic rings. The number of nitrogens with zero attached hydrogens (tertiary/aromatic N) is 4. The zero-order valence-electron chi connectivity index (χ0n) is 22.7. The van der Waals surface area contributed by atoms with E-state index in [1.165, 1.54) is 4.90 Å². The van der Waals surface area contributed by atoms with Crippen LogP contribution in [0.4, 0.5) is 36.8 Å². The normalized spacial score (nSPS) is 20.0. The van der Waals surface area contributed by atoms with Crippen LogP contribution in [0.15, 0.2) is 42.5 Å². The van der Waals surface area contributed by atoms with Gasteiger partial charge in [0.1, 0.15) is 0 Å². The first kappa shape index (κ1) is 29.2. The summed E-state index contributed by atoms with van der Waals surface area (Å²) in [6, 6.07) is 8.34. The Morgan fingerprint density at radius 3 is 2.00 bits per heavy atom. The lowest BCUT2D eigenvalue weighted by atomic mass is 9.85. The molecule has 1 spiro atoms. The maximum absolute atomic E-state index is 13.8. The van der Waals surface area contributed by atoms with Gasteiger partial charge in [0.15, 0.2) is 0 Å². The van der Waals surface area contributed by atoms with Crippen molar-refractivity contribution in [1.29, 1.82) is 0 Å². The van der Waals surface area contributed by atoms with Gasteiger partial charge in [-0.2, -0.15) is 26.3 Å². The van der Waals surface area contributed by atoms with Gasteiger partial charge in [-0.05, 0) is 75.5 Å². The van der Waals surface area contributed by atoms with Crippen LogP contribution in [-0.2, 0) is 12.4 Å². The number of aryl methyl sites for hydroxylation is 1. The molecule has 2 aromatic rings. The van der Waals surface area contributed by atoms with Crippen LogP contribution in [0, 0.1) is 6.92 Å². The highest BCUT2D eigenvalue weighted by Gasteiger charge is 2.52. The largest absolute Gasteiger partial charge is 0.416 e. The second-order valence-electron chi connectivity index (χ2n) is 11.2. The summed E-state index contributed by atoms with van der Waals surface area (Å²) in [5, 5.41) is 0. The van der Waals surface area contributed by atoms with Gasteiger partial charge in [0.05, 0.1) is 16.7 Å². The van der Waals surface area contributed by atoms with E-state index < -0.39 is 40.5 Å². The lowest BCUT2D eigenvalue weighted by Crippen LogP contribution is -2.56. The van der Waals surface area contributed by atoms with Gasteiger partial charge in [0.2, 0.25) is 0 Å². The van der Waals surface area contributed by atoms with Crippen LogP contribution in [0.25, 0.3) is 0 Å². The number of carbonyl (C=O) groups excluding carboxylic acids is 2. The molecule has 3 aliphatic heterocycles. The molecule has 41 heavy (non-hydrogen) atoms. The van der Waals surface area contributed by atoms with Gasteiger partial charge in [-0.1, -0.05) is 18.2 Å². The molecule has 0 N–H and O–H groups in total. The highest BCUT2D eigenvalue weighted by Crippen LogP contribution is 2.42. The Morgan fingerprint density at radius 1 is 0.854 bits per heavy atom. The molecular weight excluding hydrogens is 550 g/mol. The molecule has 0 atom stereocenters. The van der Waals surface area contributed by atoms with Crippen molar-refractivity contribution in [3.63, 3.8) is 0 Å². The van der Waals surface area contributed by atoms with Crippen LogP contribution in [0.1, 0.15) is 52.7 Å². The zero-order chi connectivity index (χ0) is 29.6. The van der Waals surface area contributed by atoms with Crippen molar-refractivity contribution in [2.45, 2.75) is 50.5 Å². The quantitative estimate of drug-likeness (QED) is 0.404. The second-order valence-corrected chi connectivity index (χ2v) is 11.2. The number of rotatable bonds is 5. The summed E-state index contributed by atoms with van der Waals surface area (Å²) in [6.45, 7) is 5.82. The second kappa shape index (κ2) is 10.8. The third-order valence-electron chi connectivity index (χ3n) is 8.48. The predicted octanol–water partition coefficient (Wildman–Crippen LogP) is 6.05. The maximum atomic E-state index is 13.8. The molecule has 0 aromatic heterocycles. The van der Waals surface area contributed by atoms with Crippen LogP contribution in [0.3, 0.4) is 0 Å². The molecule has 0 radical (unpaired) electrons. The molecule has 222 valence electrons. The number of halogens is 6. The average Bonchev–Trinajstić information content (AvgIpc) is 3.53. The van der Waals surface area contributed by atoms with Crippen LogP contribution in [-0.4, -0.2) is 78.0 Å². The Morgan fingerprint density at radius 2 is 1.44 bits per heavy atom. The van der Waals surface area contributed by atoms with E-state index in [1.54, 1.807) is 4.90 Å². The minimum absolute atomic E-state index is 0.0168. The van der Waals surface area contributed by atoms with E-state index in [0.717, 1.165) is 43.7 Å². The van der Waals surface area contributed by atoms with Crippen LogP contribution in [0.2, 0.25) is 0 Å². The summed E-state index contributed by atoms with van der Waals surface area (Å²) >= 11 is 0. The third kappa shape index (κ3) is 5.89. The van der Waals surface area contributed by atoms with E-state index in [1.807, 2.05) is 36.1 Å². The average molecular weight is 583 g/mol. The maximum Gasteiger partial charge on any atom is 0.416 e. The van der Waals surface area contributed by atoms with Gasteiger partial charge in [-0.15, -0.1) is 0 Å². The minimum Gasteiger partial charge on any atom is -0.338 e. The number of alkyl halides is 6. The molecule has 12 heteroatoms. The Bertz CT molecular complexity index is 1260. The zero-order valence-corrected chi connectivity index (χ0v) is 22.7. The summed E-state index contributed by atoms with van der Waals surface area (Å²) in [4.78, 5) is 34.2. The number of urea groups is 1. The lowest BCUT2D eigenvalue weighted by Gasteiger charge is -2.44. The fourth-order valence-electron chi connectivity index (χ4n) is 6.22. The molecular formula is C29H32F6N4O2. The van der Waals surface area contributed by atoms with Crippen LogP contribution in [0.5, 0.6) is 0 Å². The van der Waals surface area contributed by atoms with E-state index in [9.17, 15) is 35.9 Å². The molecule has 3 heterocycles. The molecule has 5 rings (SSSR count). The van der Waals surface area contributed by atoms with Crippen molar-refractivity contribution in [2.24, 2.45) is 0 Å². The number of anilines is 1. The molecule has 0 saturated carbocycles. The minimum atomic E-state index is -5.04. The first-order chi connectivity index (χ1) is 19.3. The Kier molecular flexibility index (Phi) is 7.73. The molecule has 3 amide bonds. The molecule has 3 saturated heterocycles. The Labute approximate surface area is 234 Å². The number of likely N-dealkylation sites (tertiary alicyclic amines) is 2. The van der Waals surface area contributed by atoms with Crippen molar-refractivity contribution in [3.05, 3.63) is 64.7 Å². The molecule has 0 aliphatic carbocycles. The summed E-state index contributed by atoms with van der Waals surface area (Å²) < 4.78 is 80.3. The van der Waals surface area contributed by atoms with Gasteiger partial charge < -0.3 is 14.7 Å². The van der Waals surface area contributed by atoms with E-state index in [4.69, 9.17) is 0 Å². The van der Waals surface area contributed by atoms with Crippen molar-refractivity contribution in [2.75, 3.05) is 50.7 Å². The van der Waals surface area contributed by atoms with Gasteiger partial charge in [0, 0.05) is 44.0 Å². The van der Waals surface area contributed by atoms with Crippen molar-refractivity contribution < 1.29 is 35.9 Å². The smallest absolute Gasteiger partial charge is 0.338 e. The fraction of sp³-hybridized carbons (Fsp3) is 0.517. The standard InChI is InChI=1S/C29H32F6N4O2/c1-20-6-2-3-7-24(20)39-26(41)38(15-14-36-10-4-5-11-36)19-27(39)8-12-37(13-9-27)25(40)21-16-22(28(30,31)32)18-23(17-21)29(33,34)35/h2-3,6-7,16-18H,4-5,8-15,19H2,1H3. The van der Waals surface area contributed by atoms with Gasteiger partial charge in [-0.3, -0.25) is 9.69 Å².